The number of anilines is 1. The first-order valence-electron chi connectivity index (χ1n) is 6.63. The smallest absolute Gasteiger partial charge is 0.329 e. The van der Waals surface area contributed by atoms with Crippen molar-refractivity contribution in [2.24, 2.45) is 12.8 Å². The molecule has 0 saturated heterocycles. The number of amides is 1. The number of carbonyl (C=O) groups is 1. The molecule has 0 unspecified atom stereocenters. The number of fused-ring (bicyclic) bond motifs is 1. The van der Waals surface area contributed by atoms with E-state index in [-0.39, 0.29) is 17.7 Å². The molecule has 0 spiro atoms. The molecule has 9 nitrogen and oxygen atoms in total. The topological polar surface area (TPSA) is 119 Å². The number of nitrogens with two attached hydrogens (primary N) is 1. The summed E-state index contributed by atoms with van der Waals surface area (Å²) in [5.74, 6) is -0.142. The Morgan fingerprint density at radius 1 is 1.33 bits per heavy atom. The maximum Gasteiger partial charge on any atom is 0.329 e. The van der Waals surface area contributed by atoms with E-state index in [1.807, 2.05) is 18.7 Å². The van der Waals surface area contributed by atoms with E-state index in [2.05, 4.69) is 9.97 Å². The molecule has 0 aromatic carbocycles. The second kappa shape index (κ2) is 5.43. The molecule has 2 aromatic rings. The summed E-state index contributed by atoms with van der Waals surface area (Å²) in [6.07, 6.45) is 0. The van der Waals surface area contributed by atoms with Crippen LogP contribution in [0.15, 0.2) is 9.59 Å². The summed E-state index contributed by atoms with van der Waals surface area (Å²) < 4.78 is 2.68. The highest BCUT2D eigenvalue weighted by Crippen LogP contribution is 2.18. The average Bonchev–Trinajstić information content (AvgIpc) is 2.77. The van der Waals surface area contributed by atoms with Crippen LogP contribution in [-0.2, 0) is 18.4 Å². The Morgan fingerprint density at radius 2 is 1.95 bits per heavy atom. The minimum Gasteiger partial charge on any atom is -0.368 e. The molecule has 0 fully saturated rings. The van der Waals surface area contributed by atoms with Crippen LogP contribution in [0, 0.1) is 0 Å². The van der Waals surface area contributed by atoms with Crippen molar-refractivity contribution in [2.45, 2.75) is 20.4 Å². The van der Waals surface area contributed by atoms with Crippen molar-refractivity contribution >= 4 is 23.0 Å². The maximum absolute atomic E-state index is 12.1. The number of hydrogen-bond donors (Lipinski definition) is 2. The number of hydrogen-bond acceptors (Lipinski definition) is 5. The summed E-state index contributed by atoms with van der Waals surface area (Å²) >= 11 is 0. The molecule has 0 radical (unpaired) electrons. The Morgan fingerprint density at radius 3 is 2.48 bits per heavy atom. The molecule has 2 heterocycles. The standard InChI is InChI=1S/C12H18N6O3/c1-4-17(5-2)11-14-9-8(18(11)6-7(13)19)10(20)15-12(21)16(9)3/h4-6H2,1-3H3,(H2,13,19)(H,15,20,21). The quantitative estimate of drug-likeness (QED) is 0.714. The monoisotopic (exact) mass is 294 g/mol. The van der Waals surface area contributed by atoms with Gasteiger partial charge in [0.1, 0.15) is 6.54 Å². The Kier molecular flexibility index (Phi) is 3.83. The number of aromatic nitrogens is 4. The first kappa shape index (κ1) is 14.8. The molecular formula is C12H18N6O3. The molecule has 0 bridgehead atoms. The van der Waals surface area contributed by atoms with Crippen molar-refractivity contribution in [3.05, 3.63) is 20.8 Å². The third-order valence-electron chi connectivity index (χ3n) is 3.35. The fourth-order valence-corrected chi connectivity index (χ4v) is 2.28. The Bertz CT molecular complexity index is 796. The van der Waals surface area contributed by atoms with Crippen molar-refractivity contribution in [2.75, 3.05) is 18.0 Å². The maximum atomic E-state index is 12.1. The predicted molar refractivity (Wildman–Crippen MR) is 78.4 cm³/mol. The number of aryl methyl sites for hydroxylation is 1. The molecule has 0 atom stereocenters. The number of aromatic amines is 1. The summed E-state index contributed by atoms with van der Waals surface area (Å²) in [5.41, 5.74) is 4.51. The van der Waals surface area contributed by atoms with E-state index in [0.29, 0.717) is 19.0 Å². The van der Waals surface area contributed by atoms with Gasteiger partial charge in [0.05, 0.1) is 0 Å². The highest BCUT2D eigenvalue weighted by atomic mass is 16.2. The molecule has 2 rings (SSSR count). The van der Waals surface area contributed by atoms with Crippen molar-refractivity contribution in [3.63, 3.8) is 0 Å². The van der Waals surface area contributed by atoms with Crippen LogP contribution in [0.1, 0.15) is 13.8 Å². The van der Waals surface area contributed by atoms with Crippen LogP contribution in [0.4, 0.5) is 5.95 Å². The van der Waals surface area contributed by atoms with Gasteiger partial charge in [-0.1, -0.05) is 0 Å². The van der Waals surface area contributed by atoms with Gasteiger partial charge in [-0.25, -0.2) is 4.79 Å². The summed E-state index contributed by atoms with van der Waals surface area (Å²) in [7, 11) is 1.51. The van der Waals surface area contributed by atoms with Crippen LogP contribution in [0.3, 0.4) is 0 Å². The molecule has 21 heavy (non-hydrogen) atoms. The van der Waals surface area contributed by atoms with Gasteiger partial charge in [0.2, 0.25) is 11.9 Å². The molecule has 0 aliphatic heterocycles. The molecule has 3 N–H and O–H groups in total. The lowest BCUT2D eigenvalue weighted by molar-refractivity contribution is -0.118. The van der Waals surface area contributed by atoms with Crippen LogP contribution >= 0.6 is 0 Å². The number of nitrogens with zero attached hydrogens (tertiary/aromatic N) is 4. The molecule has 9 heteroatoms. The highest BCUT2D eigenvalue weighted by molar-refractivity contribution is 5.80. The normalized spacial score (nSPS) is 11.0. The minimum absolute atomic E-state index is 0.165. The van der Waals surface area contributed by atoms with Gasteiger partial charge in [-0.2, -0.15) is 4.98 Å². The van der Waals surface area contributed by atoms with E-state index >= 15 is 0 Å². The van der Waals surface area contributed by atoms with E-state index < -0.39 is 17.2 Å². The Hall–Kier alpha value is -2.58. The van der Waals surface area contributed by atoms with Crippen molar-refractivity contribution in [3.8, 4) is 0 Å². The lowest BCUT2D eigenvalue weighted by atomic mass is 10.4. The Balaban J connectivity index is 2.88. The van der Waals surface area contributed by atoms with E-state index in [0.717, 1.165) is 0 Å². The van der Waals surface area contributed by atoms with E-state index in [1.54, 1.807) is 0 Å². The van der Waals surface area contributed by atoms with Gasteiger partial charge in [0.15, 0.2) is 11.2 Å². The molecule has 1 amide bonds. The predicted octanol–water partition coefficient (Wildman–Crippen LogP) is -1.25. The molecular weight excluding hydrogens is 276 g/mol. The Labute approximate surface area is 120 Å². The van der Waals surface area contributed by atoms with Crippen LogP contribution in [0.25, 0.3) is 11.2 Å². The summed E-state index contributed by atoms with van der Waals surface area (Å²) in [6.45, 7) is 4.97. The number of H-pyrrole nitrogens is 1. The molecule has 0 saturated carbocycles. The number of nitrogens with one attached hydrogen (secondary N) is 1. The number of imidazole rings is 1. The van der Waals surface area contributed by atoms with E-state index in [1.165, 1.54) is 16.2 Å². The van der Waals surface area contributed by atoms with Crippen molar-refractivity contribution in [1.29, 1.82) is 0 Å². The van der Waals surface area contributed by atoms with E-state index in [4.69, 9.17) is 5.73 Å². The number of primary amides is 1. The second-order valence-corrected chi connectivity index (χ2v) is 4.63. The van der Waals surface area contributed by atoms with Crippen molar-refractivity contribution < 1.29 is 4.79 Å². The zero-order valence-electron chi connectivity index (χ0n) is 12.2. The summed E-state index contributed by atoms with van der Waals surface area (Å²) in [6, 6.07) is 0. The number of carbonyl (C=O) groups excluding carboxylic acids is 1. The molecule has 0 aliphatic rings. The van der Waals surface area contributed by atoms with Gasteiger partial charge in [0.25, 0.3) is 5.56 Å². The molecule has 0 aliphatic carbocycles. The van der Waals surface area contributed by atoms with Gasteiger partial charge < -0.3 is 10.6 Å². The fourth-order valence-electron chi connectivity index (χ4n) is 2.28. The average molecular weight is 294 g/mol. The summed E-state index contributed by atoms with van der Waals surface area (Å²) in [4.78, 5) is 43.5. The summed E-state index contributed by atoms with van der Waals surface area (Å²) in [5, 5.41) is 0. The lowest BCUT2D eigenvalue weighted by Crippen LogP contribution is -2.31. The first-order chi connectivity index (χ1) is 9.90. The van der Waals surface area contributed by atoms with Crippen LogP contribution in [0.5, 0.6) is 0 Å². The van der Waals surface area contributed by atoms with Crippen molar-refractivity contribution in [1.82, 2.24) is 19.1 Å². The fraction of sp³-hybridized carbons (Fsp3) is 0.500. The molecule has 2 aromatic heterocycles. The lowest BCUT2D eigenvalue weighted by Gasteiger charge is -2.20. The van der Waals surface area contributed by atoms with Gasteiger partial charge in [-0.3, -0.25) is 23.7 Å². The highest BCUT2D eigenvalue weighted by Gasteiger charge is 2.21. The number of rotatable bonds is 5. The minimum atomic E-state index is -0.587. The zero-order chi connectivity index (χ0) is 15.7. The third kappa shape index (κ3) is 2.41. The van der Waals surface area contributed by atoms with Crippen LogP contribution in [-0.4, -0.2) is 38.1 Å². The van der Waals surface area contributed by atoms with Gasteiger partial charge in [-0.05, 0) is 13.8 Å². The second-order valence-electron chi connectivity index (χ2n) is 4.63. The SMILES string of the molecule is CCN(CC)c1nc2c(c(=O)[nH]c(=O)n2C)n1CC(N)=O. The van der Waals surface area contributed by atoms with Gasteiger partial charge in [0, 0.05) is 20.1 Å². The van der Waals surface area contributed by atoms with Crippen LogP contribution < -0.4 is 21.9 Å². The largest absolute Gasteiger partial charge is 0.368 e. The van der Waals surface area contributed by atoms with Gasteiger partial charge >= 0.3 is 5.69 Å². The van der Waals surface area contributed by atoms with E-state index in [9.17, 15) is 14.4 Å². The first-order valence-corrected chi connectivity index (χ1v) is 6.63. The molecule has 114 valence electrons. The third-order valence-corrected chi connectivity index (χ3v) is 3.35. The zero-order valence-corrected chi connectivity index (χ0v) is 12.2. The van der Waals surface area contributed by atoms with Gasteiger partial charge in [-0.15, -0.1) is 0 Å². The van der Waals surface area contributed by atoms with Crippen LogP contribution in [0.2, 0.25) is 0 Å².